The third-order valence-corrected chi connectivity index (χ3v) is 3.78. The van der Waals surface area contributed by atoms with Crippen molar-refractivity contribution < 1.29 is 9.53 Å². The average Bonchev–Trinajstić information content (AvgIpc) is 2.51. The molecule has 0 aliphatic carbocycles. The van der Waals surface area contributed by atoms with Crippen LogP contribution in [0.15, 0.2) is 35.3 Å². The number of hydrogen-bond donors (Lipinski definition) is 1. The second kappa shape index (κ2) is 2.92. The lowest BCUT2D eigenvalue weighted by atomic mass is 9.97. The Hall–Kier alpha value is -1.16. The molecule has 0 spiro atoms. The summed E-state index contributed by atoms with van der Waals surface area (Å²) in [6, 6.07) is 0. The van der Waals surface area contributed by atoms with E-state index in [-0.39, 0.29) is 11.2 Å². The molecule has 3 aliphatic heterocycles. The quantitative estimate of drug-likeness (QED) is 0.643. The highest BCUT2D eigenvalue weighted by atomic mass is 32.2. The molecule has 1 atom stereocenters. The first-order valence-corrected chi connectivity index (χ1v) is 5.56. The van der Waals surface area contributed by atoms with Gasteiger partial charge in [0.15, 0.2) is 0 Å². The van der Waals surface area contributed by atoms with Gasteiger partial charge < -0.3 is 10.1 Å². The molecule has 4 heteroatoms. The molecule has 1 amide bonds. The first-order valence-electron chi connectivity index (χ1n) is 4.51. The van der Waals surface area contributed by atoms with Gasteiger partial charge in [0.25, 0.3) is 0 Å². The molecule has 0 radical (unpaired) electrons. The second-order valence-corrected chi connectivity index (χ2v) is 4.48. The number of thioether (sulfide) groups is 1. The Labute approximate surface area is 85.9 Å². The van der Waals surface area contributed by atoms with Crippen molar-refractivity contribution in [3.8, 4) is 0 Å². The van der Waals surface area contributed by atoms with Crippen LogP contribution in [0.5, 0.6) is 0 Å². The maximum absolute atomic E-state index is 11.5. The fraction of sp³-hybridized carbons (Fsp3) is 0.300. The average molecular weight is 207 g/mol. The second-order valence-electron chi connectivity index (χ2n) is 3.38. The van der Waals surface area contributed by atoms with Crippen molar-refractivity contribution in [1.29, 1.82) is 0 Å². The molecule has 1 unspecified atom stereocenters. The molecular weight excluding hydrogens is 198 g/mol. The summed E-state index contributed by atoms with van der Waals surface area (Å²) in [5.74, 6) is 1.87. The van der Waals surface area contributed by atoms with Gasteiger partial charge >= 0.3 is 0 Å². The van der Waals surface area contributed by atoms with Gasteiger partial charge in [-0.15, -0.1) is 11.8 Å². The van der Waals surface area contributed by atoms with E-state index in [0.29, 0.717) is 6.54 Å². The van der Waals surface area contributed by atoms with Crippen LogP contribution in [0.2, 0.25) is 0 Å². The number of allylic oxidation sites excluding steroid dienone is 2. The summed E-state index contributed by atoms with van der Waals surface area (Å²) in [6.07, 6.45) is 5.58. The maximum atomic E-state index is 11.5. The lowest BCUT2D eigenvalue weighted by Gasteiger charge is -2.22. The molecule has 0 aromatic heterocycles. The van der Waals surface area contributed by atoms with Crippen LogP contribution in [-0.2, 0) is 9.53 Å². The molecule has 0 bridgehead atoms. The number of ether oxygens (including phenoxy) is 1. The van der Waals surface area contributed by atoms with E-state index >= 15 is 0 Å². The molecular formula is C10H9NO2S. The molecule has 1 N–H and O–H groups in total. The monoisotopic (exact) mass is 207 g/mol. The Bertz CT molecular complexity index is 395. The normalized spacial score (nSPS) is 29.0. The van der Waals surface area contributed by atoms with E-state index in [1.54, 1.807) is 18.0 Å². The predicted molar refractivity (Wildman–Crippen MR) is 54.6 cm³/mol. The molecule has 1 saturated heterocycles. The Morgan fingerprint density at radius 2 is 2.50 bits per heavy atom. The van der Waals surface area contributed by atoms with E-state index in [2.05, 4.69) is 5.32 Å². The summed E-state index contributed by atoms with van der Waals surface area (Å²) in [4.78, 5) is 11.5. The Balaban J connectivity index is 2.11. The van der Waals surface area contributed by atoms with Crippen LogP contribution in [0.3, 0.4) is 0 Å². The summed E-state index contributed by atoms with van der Waals surface area (Å²) in [5.41, 5.74) is 2.28. The van der Waals surface area contributed by atoms with Gasteiger partial charge in [0, 0.05) is 12.1 Å². The Kier molecular flexibility index (Phi) is 1.70. The molecule has 0 aromatic carbocycles. The van der Waals surface area contributed by atoms with Crippen LogP contribution < -0.4 is 5.32 Å². The zero-order chi connectivity index (χ0) is 9.54. The molecule has 3 heterocycles. The van der Waals surface area contributed by atoms with E-state index in [0.717, 1.165) is 17.1 Å². The lowest BCUT2D eigenvalue weighted by Crippen LogP contribution is -2.40. The van der Waals surface area contributed by atoms with Gasteiger partial charge in [0.1, 0.15) is 11.0 Å². The number of carbonyl (C=O) groups is 1. The molecule has 0 saturated carbocycles. The lowest BCUT2D eigenvalue weighted by molar-refractivity contribution is -0.120. The largest absolute Gasteiger partial charge is 0.468 e. The van der Waals surface area contributed by atoms with Crippen LogP contribution in [-0.4, -0.2) is 23.5 Å². The van der Waals surface area contributed by atoms with Crippen LogP contribution in [0.25, 0.3) is 0 Å². The highest BCUT2D eigenvalue weighted by Crippen LogP contribution is 2.40. The number of rotatable bonds is 0. The van der Waals surface area contributed by atoms with Gasteiger partial charge in [-0.05, 0) is 11.6 Å². The zero-order valence-electron chi connectivity index (χ0n) is 7.45. The van der Waals surface area contributed by atoms with Gasteiger partial charge in [0.05, 0.1) is 12.0 Å². The first kappa shape index (κ1) is 8.17. The Morgan fingerprint density at radius 3 is 3.43 bits per heavy atom. The van der Waals surface area contributed by atoms with E-state index in [1.807, 2.05) is 12.2 Å². The minimum Gasteiger partial charge on any atom is -0.468 e. The maximum Gasteiger partial charge on any atom is 0.238 e. The summed E-state index contributed by atoms with van der Waals surface area (Å²) in [6.45, 7) is 0.627. The van der Waals surface area contributed by atoms with Gasteiger partial charge in [-0.1, -0.05) is 6.08 Å². The van der Waals surface area contributed by atoms with Crippen molar-refractivity contribution in [2.45, 2.75) is 5.25 Å². The van der Waals surface area contributed by atoms with Crippen molar-refractivity contribution in [3.63, 3.8) is 0 Å². The number of amides is 1. The fourth-order valence-corrected chi connectivity index (χ4v) is 3.14. The van der Waals surface area contributed by atoms with E-state index in [4.69, 9.17) is 4.74 Å². The minimum atomic E-state index is -0.0510. The first-order chi connectivity index (χ1) is 6.86. The smallest absolute Gasteiger partial charge is 0.238 e. The van der Waals surface area contributed by atoms with Crippen LogP contribution >= 0.6 is 11.8 Å². The van der Waals surface area contributed by atoms with Gasteiger partial charge in [-0.3, -0.25) is 4.79 Å². The van der Waals surface area contributed by atoms with E-state index in [9.17, 15) is 4.79 Å². The van der Waals surface area contributed by atoms with Crippen molar-refractivity contribution in [1.82, 2.24) is 5.32 Å². The highest BCUT2D eigenvalue weighted by Gasteiger charge is 2.38. The predicted octanol–water partition coefficient (Wildman–Crippen LogP) is 0.956. The van der Waals surface area contributed by atoms with E-state index in [1.165, 1.54) is 5.57 Å². The summed E-state index contributed by atoms with van der Waals surface area (Å²) >= 11 is 1.63. The number of carbonyl (C=O) groups excluding carboxylic acids is 1. The number of hydrogen-bond acceptors (Lipinski definition) is 3. The zero-order valence-corrected chi connectivity index (χ0v) is 8.26. The standard InChI is InChI=1S/C10H9NO2S/c12-10-9-8-6(4-11-10)2-1-3-13-7(8)5-14-9/h1-3,9H,4-5H2,(H,11,12). The van der Waals surface area contributed by atoms with Crippen LogP contribution in [0, 0.1) is 0 Å². The van der Waals surface area contributed by atoms with Gasteiger partial charge in [-0.25, -0.2) is 0 Å². The third kappa shape index (κ3) is 1.04. The SMILES string of the molecule is O=C1NCC2=CC=COC3=C2C1SC3. The molecule has 3 rings (SSSR count). The fourth-order valence-electron chi connectivity index (χ4n) is 1.91. The van der Waals surface area contributed by atoms with Gasteiger partial charge in [0.2, 0.25) is 5.91 Å². The molecule has 1 fully saturated rings. The summed E-state index contributed by atoms with van der Waals surface area (Å²) < 4.78 is 5.46. The third-order valence-electron chi connectivity index (χ3n) is 2.57. The van der Waals surface area contributed by atoms with Gasteiger partial charge in [-0.2, -0.15) is 0 Å². The minimum absolute atomic E-state index is 0.0510. The molecule has 14 heavy (non-hydrogen) atoms. The number of nitrogens with one attached hydrogen (secondary N) is 1. The molecule has 3 nitrogen and oxygen atoms in total. The molecule has 72 valence electrons. The topological polar surface area (TPSA) is 38.3 Å². The van der Waals surface area contributed by atoms with Crippen LogP contribution in [0.1, 0.15) is 0 Å². The summed E-state index contributed by atoms with van der Waals surface area (Å²) in [5, 5.41) is 2.83. The van der Waals surface area contributed by atoms with Crippen LogP contribution in [0.4, 0.5) is 0 Å². The van der Waals surface area contributed by atoms with E-state index < -0.39 is 0 Å². The number of piperidine rings is 1. The molecule has 0 aromatic rings. The highest BCUT2D eigenvalue weighted by molar-refractivity contribution is 8.01. The Morgan fingerprint density at radius 1 is 1.57 bits per heavy atom. The van der Waals surface area contributed by atoms with Crippen molar-refractivity contribution in [2.24, 2.45) is 0 Å². The molecule has 3 aliphatic rings. The van der Waals surface area contributed by atoms with Crippen molar-refractivity contribution in [2.75, 3.05) is 12.3 Å². The van der Waals surface area contributed by atoms with Crippen molar-refractivity contribution >= 4 is 17.7 Å². The van der Waals surface area contributed by atoms with Crippen molar-refractivity contribution in [3.05, 3.63) is 35.3 Å². The summed E-state index contributed by atoms with van der Waals surface area (Å²) in [7, 11) is 0.